The summed E-state index contributed by atoms with van der Waals surface area (Å²) in [4.78, 5) is 28.0. The van der Waals surface area contributed by atoms with Crippen molar-refractivity contribution < 1.29 is 9.59 Å². The van der Waals surface area contributed by atoms with Gasteiger partial charge in [-0.25, -0.2) is 4.79 Å². The molecule has 2 fully saturated rings. The van der Waals surface area contributed by atoms with E-state index in [9.17, 15) is 9.59 Å². The van der Waals surface area contributed by atoms with Crippen molar-refractivity contribution in [2.45, 2.75) is 51.6 Å². The summed E-state index contributed by atoms with van der Waals surface area (Å²) in [6, 6.07) is 0.548. The summed E-state index contributed by atoms with van der Waals surface area (Å²) in [6.45, 7) is 7.67. The number of nitrogens with zero attached hydrogens (tertiary/aromatic N) is 2. The lowest BCUT2D eigenvalue weighted by atomic mass is 10.1. The van der Waals surface area contributed by atoms with Crippen LogP contribution in [0.4, 0.5) is 4.79 Å². The highest BCUT2D eigenvalue weighted by atomic mass is 16.2. The van der Waals surface area contributed by atoms with Crippen molar-refractivity contribution in [2.75, 3.05) is 32.7 Å². The first-order chi connectivity index (χ1) is 10.1. The molecule has 2 saturated heterocycles. The standard InChI is InChI=1S/C15H28N4O2/c1-3-4-12(2)17-14(20)11-18-9-10-19(15(18)21)13-5-7-16-8-6-13/h12-13,16H,3-11H2,1-2H3,(H,17,20). The fourth-order valence-electron chi connectivity index (χ4n) is 3.20. The first kappa shape index (κ1) is 16.1. The summed E-state index contributed by atoms with van der Waals surface area (Å²) < 4.78 is 0. The van der Waals surface area contributed by atoms with E-state index < -0.39 is 0 Å². The van der Waals surface area contributed by atoms with Gasteiger partial charge in [0.25, 0.3) is 0 Å². The van der Waals surface area contributed by atoms with Crippen LogP contribution in [0.1, 0.15) is 39.5 Å². The van der Waals surface area contributed by atoms with E-state index in [1.165, 1.54) is 0 Å². The molecule has 2 rings (SSSR count). The Balaban J connectivity index is 1.79. The molecule has 0 aliphatic carbocycles. The van der Waals surface area contributed by atoms with Crippen molar-refractivity contribution >= 4 is 11.9 Å². The number of carbonyl (C=O) groups is 2. The van der Waals surface area contributed by atoms with E-state index in [0.29, 0.717) is 12.6 Å². The molecule has 0 aromatic heterocycles. The molecule has 21 heavy (non-hydrogen) atoms. The number of carbonyl (C=O) groups excluding carboxylic acids is 2. The Bertz CT molecular complexity index is 369. The number of amides is 3. The van der Waals surface area contributed by atoms with Crippen molar-refractivity contribution in [3.05, 3.63) is 0 Å². The summed E-state index contributed by atoms with van der Waals surface area (Å²) in [5.41, 5.74) is 0. The van der Waals surface area contributed by atoms with Gasteiger partial charge in [0.05, 0.1) is 0 Å². The van der Waals surface area contributed by atoms with Crippen LogP contribution in [0.3, 0.4) is 0 Å². The molecule has 1 unspecified atom stereocenters. The first-order valence-electron chi connectivity index (χ1n) is 8.17. The largest absolute Gasteiger partial charge is 0.352 e. The van der Waals surface area contributed by atoms with Crippen LogP contribution in [0.2, 0.25) is 0 Å². The summed E-state index contributed by atoms with van der Waals surface area (Å²) >= 11 is 0. The van der Waals surface area contributed by atoms with Crippen LogP contribution in [0, 0.1) is 0 Å². The molecule has 0 aromatic carbocycles. The Morgan fingerprint density at radius 1 is 1.38 bits per heavy atom. The van der Waals surface area contributed by atoms with Gasteiger partial charge in [0.2, 0.25) is 5.91 Å². The number of nitrogens with one attached hydrogen (secondary N) is 2. The third-order valence-electron chi connectivity index (χ3n) is 4.34. The molecular formula is C15H28N4O2. The topological polar surface area (TPSA) is 64.7 Å². The third kappa shape index (κ3) is 4.33. The number of urea groups is 1. The van der Waals surface area contributed by atoms with E-state index in [0.717, 1.165) is 45.3 Å². The maximum Gasteiger partial charge on any atom is 0.320 e. The lowest BCUT2D eigenvalue weighted by Crippen LogP contribution is -2.47. The van der Waals surface area contributed by atoms with Crippen molar-refractivity contribution in [2.24, 2.45) is 0 Å². The van der Waals surface area contributed by atoms with Crippen molar-refractivity contribution in [1.82, 2.24) is 20.4 Å². The third-order valence-corrected chi connectivity index (χ3v) is 4.34. The molecule has 2 aliphatic rings. The molecular weight excluding hydrogens is 268 g/mol. The van der Waals surface area contributed by atoms with Gasteiger partial charge < -0.3 is 20.4 Å². The average Bonchev–Trinajstić information content (AvgIpc) is 2.81. The van der Waals surface area contributed by atoms with Gasteiger partial charge in [-0.1, -0.05) is 13.3 Å². The Kier molecular flexibility index (Phi) is 5.85. The Morgan fingerprint density at radius 3 is 2.76 bits per heavy atom. The fourth-order valence-corrected chi connectivity index (χ4v) is 3.20. The van der Waals surface area contributed by atoms with Gasteiger partial charge in [0, 0.05) is 25.2 Å². The minimum Gasteiger partial charge on any atom is -0.352 e. The van der Waals surface area contributed by atoms with Crippen LogP contribution in [0.25, 0.3) is 0 Å². The molecule has 3 amide bonds. The van der Waals surface area contributed by atoms with Crippen molar-refractivity contribution in [3.8, 4) is 0 Å². The molecule has 0 radical (unpaired) electrons. The monoisotopic (exact) mass is 296 g/mol. The zero-order valence-corrected chi connectivity index (χ0v) is 13.2. The maximum atomic E-state index is 12.4. The number of hydrogen-bond acceptors (Lipinski definition) is 3. The minimum atomic E-state index is -0.0449. The Morgan fingerprint density at radius 2 is 2.10 bits per heavy atom. The van der Waals surface area contributed by atoms with Crippen LogP contribution in [-0.2, 0) is 4.79 Å². The number of piperidine rings is 1. The van der Waals surface area contributed by atoms with Crippen LogP contribution in [-0.4, -0.2) is 66.5 Å². The van der Waals surface area contributed by atoms with E-state index >= 15 is 0 Å². The van der Waals surface area contributed by atoms with Gasteiger partial charge in [0.1, 0.15) is 6.54 Å². The van der Waals surface area contributed by atoms with Crippen LogP contribution < -0.4 is 10.6 Å². The fraction of sp³-hybridized carbons (Fsp3) is 0.867. The average molecular weight is 296 g/mol. The van der Waals surface area contributed by atoms with Gasteiger partial charge in [-0.15, -0.1) is 0 Å². The molecule has 6 heteroatoms. The predicted molar refractivity (Wildman–Crippen MR) is 82.1 cm³/mol. The molecule has 2 heterocycles. The van der Waals surface area contributed by atoms with Crippen LogP contribution in [0.5, 0.6) is 0 Å². The molecule has 1 atom stereocenters. The lowest BCUT2D eigenvalue weighted by molar-refractivity contribution is -0.122. The lowest BCUT2D eigenvalue weighted by Gasteiger charge is -2.31. The molecule has 0 bridgehead atoms. The quantitative estimate of drug-likeness (QED) is 0.761. The van der Waals surface area contributed by atoms with E-state index in [2.05, 4.69) is 17.6 Å². The molecule has 0 aromatic rings. The SMILES string of the molecule is CCCC(C)NC(=O)CN1CCN(C2CCNCC2)C1=O. The molecule has 0 saturated carbocycles. The summed E-state index contributed by atoms with van der Waals surface area (Å²) in [7, 11) is 0. The van der Waals surface area contributed by atoms with E-state index in [-0.39, 0.29) is 24.5 Å². The van der Waals surface area contributed by atoms with Gasteiger partial charge in [-0.2, -0.15) is 0 Å². The Hall–Kier alpha value is -1.30. The maximum absolute atomic E-state index is 12.4. The first-order valence-corrected chi connectivity index (χ1v) is 8.17. The highest BCUT2D eigenvalue weighted by Crippen LogP contribution is 2.18. The van der Waals surface area contributed by atoms with Gasteiger partial charge in [0.15, 0.2) is 0 Å². The highest BCUT2D eigenvalue weighted by molar-refractivity contribution is 5.85. The zero-order chi connectivity index (χ0) is 15.2. The van der Waals surface area contributed by atoms with E-state index in [4.69, 9.17) is 0 Å². The number of hydrogen-bond donors (Lipinski definition) is 2. The van der Waals surface area contributed by atoms with Crippen molar-refractivity contribution in [3.63, 3.8) is 0 Å². The predicted octanol–water partition coefficient (Wildman–Crippen LogP) is 0.781. The van der Waals surface area contributed by atoms with Crippen molar-refractivity contribution in [1.29, 1.82) is 0 Å². The van der Waals surface area contributed by atoms with E-state index in [1.54, 1.807) is 4.90 Å². The number of rotatable bonds is 6. The zero-order valence-electron chi connectivity index (χ0n) is 13.2. The normalized spacial score (nSPS) is 21.7. The molecule has 2 N–H and O–H groups in total. The summed E-state index contributed by atoms with van der Waals surface area (Å²) in [5.74, 6) is -0.0449. The second-order valence-corrected chi connectivity index (χ2v) is 6.14. The second kappa shape index (κ2) is 7.64. The van der Waals surface area contributed by atoms with Gasteiger partial charge >= 0.3 is 6.03 Å². The smallest absolute Gasteiger partial charge is 0.320 e. The minimum absolute atomic E-state index is 0.0280. The molecule has 6 nitrogen and oxygen atoms in total. The summed E-state index contributed by atoms with van der Waals surface area (Å²) in [5, 5.41) is 6.28. The Labute approximate surface area is 127 Å². The van der Waals surface area contributed by atoms with E-state index in [1.807, 2.05) is 11.8 Å². The van der Waals surface area contributed by atoms with Gasteiger partial charge in [-0.3, -0.25) is 4.79 Å². The molecule has 120 valence electrons. The van der Waals surface area contributed by atoms with Crippen LogP contribution in [0.15, 0.2) is 0 Å². The molecule has 0 spiro atoms. The summed E-state index contributed by atoms with van der Waals surface area (Å²) in [6.07, 6.45) is 4.05. The van der Waals surface area contributed by atoms with Gasteiger partial charge in [-0.05, 0) is 39.3 Å². The molecule has 2 aliphatic heterocycles. The highest BCUT2D eigenvalue weighted by Gasteiger charge is 2.34. The van der Waals surface area contributed by atoms with Crippen LogP contribution >= 0.6 is 0 Å². The second-order valence-electron chi connectivity index (χ2n) is 6.14.